The van der Waals surface area contributed by atoms with Gasteiger partial charge in [-0.15, -0.1) is 0 Å². The van der Waals surface area contributed by atoms with E-state index < -0.39 is 32.7 Å². The van der Waals surface area contributed by atoms with E-state index >= 15 is 0 Å². The highest BCUT2D eigenvalue weighted by Gasteiger charge is 2.24. The second-order valence-corrected chi connectivity index (χ2v) is 16.9. The van der Waals surface area contributed by atoms with E-state index in [0.717, 1.165) is 44.9 Å². The van der Waals surface area contributed by atoms with Crippen molar-refractivity contribution in [3.63, 3.8) is 0 Å². The maximum Gasteiger partial charge on any atom is 0.268 e. The molecule has 0 radical (unpaired) electrons. The second kappa shape index (κ2) is 36.3. The zero-order valence-electron chi connectivity index (χ0n) is 35.5. The average molecular weight is 793 g/mol. The Kier molecular flexibility index (Phi) is 34.9. The summed E-state index contributed by atoms with van der Waals surface area (Å²) < 4.78 is 23.1. The summed E-state index contributed by atoms with van der Waals surface area (Å²) in [6.07, 6.45) is 43.6. The number of nitrogens with one attached hydrogen (secondary N) is 1. The van der Waals surface area contributed by atoms with Crippen LogP contribution in [0.15, 0.2) is 72.9 Å². The Morgan fingerprint density at radius 2 is 1.27 bits per heavy atom. The molecule has 318 valence electrons. The number of hydrogen-bond donors (Lipinski definition) is 3. The number of rotatable bonds is 37. The van der Waals surface area contributed by atoms with Gasteiger partial charge in [-0.05, 0) is 44.9 Å². The van der Waals surface area contributed by atoms with Crippen LogP contribution in [-0.4, -0.2) is 79.8 Å². The van der Waals surface area contributed by atoms with Gasteiger partial charge in [0, 0.05) is 6.42 Å². The van der Waals surface area contributed by atoms with E-state index in [4.69, 9.17) is 9.05 Å². The smallest absolute Gasteiger partial charge is 0.268 e. The first-order chi connectivity index (χ1) is 26.4. The molecule has 10 heteroatoms. The molecule has 0 saturated carbocycles. The third kappa shape index (κ3) is 38.5. The monoisotopic (exact) mass is 793 g/mol. The van der Waals surface area contributed by atoms with Gasteiger partial charge in [0.15, 0.2) is 0 Å². The molecule has 0 aliphatic heterocycles. The van der Waals surface area contributed by atoms with Crippen LogP contribution < -0.4 is 10.2 Å². The highest BCUT2D eigenvalue weighted by Crippen LogP contribution is 2.38. The van der Waals surface area contributed by atoms with Gasteiger partial charge in [0.1, 0.15) is 13.2 Å². The van der Waals surface area contributed by atoms with E-state index in [2.05, 4.69) is 55.6 Å². The Morgan fingerprint density at radius 3 is 1.84 bits per heavy atom. The molecular weight excluding hydrogens is 711 g/mol. The fourth-order valence-corrected chi connectivity index (χ4v) is 6.34. The van der Waals surface area contributed by atoms with Crippen molar-refractivity contribution in [2.24, 2.45) is 0 Å². The Bertz CT molecular complexity index is 1140. The van der Waals surface area contributed by atoms with Crippen molar-refractivity contribution in [1.29, 1.82) is 0 Å². The molecule has 0 aromatic heterocycles. The van der Waals surface area contributed by atoms with Crippen molar-refractivity contribution in [1.82, 2.24) is 5.32 Å². The topological polar surface area (TPSA) is 128 Å². The number of amides is 1. The molecule has 0 heterocycles. The SMILES string of the molecule is CC/C=C\C/C=C\C/C=C\C/C=C\C=C/C(O)C/C=C\CCC(=O)N[C@@H](COP(=O)([O-])OCC[N+](C)(C)C)[C@H](O)CCCCCCCCCCCCCCC. The first kappa shape index (κ1) is 52.9. The largest absolute Gasteiger partial charge is 0.756 e. The van der Waals surface area contributed by atoms with Crippen LogP contribution in [0, 0.1) is 0 Å². The minimum Gasteiger partial charge on any atom is -0.756 e. The van der Waals surface area contributed by atoms with Crippen molar-refractivity contribution in [3.8, 4) is 0 Å². The second-order valence-electron chi connectivity index (χ2n) is 15.5. The fraction of sp³-hybridized carbons (Fsp3) is 0.711. The van der Waals surface area contributed by atoms with E-state index in [9.17, 15) is 24.5 Å². The highest BCUT2D eigenvalue weighted by molar-refractivity contribution is 7.45. The summed E-state index contributed by atoms with van der Waals surface area (Å²) >= 11 is 0. The van der Waals surface area contributed by atoms with Gasteiger partial charge in [-0.1, -0.05) is 170 Å². The lowest BCUT2D eigenvalue weighted by molar-refractivity contribution is -0.870. The van der Waals surface area contributed by atoms with Gasteiger partial charge < -0.3 is 34.0 Å². The third-order valence-electron chi connectivity index (χ3n) is 9.05. The van der Waals surface area contributed by atoms with E-state index in [-0.39, 0.29) is 18.9 Å². The molecule has 4 atom stereocenters. The van der Waals surface area contributed by atoms with Gasteiger partial charge >= 0.3 is 0 Å². The quantitative estimate of drug-likeness (QED) is 0.0188. The molecule has 0 bridgehead atoms. The molecule has 55 heavy (non-hydrogen) atoms. The van der Waals surface area contributed by atoms with Crippen molar-refractivity contribution >= 4 is 13.7 Å². The van der Waals surface area contributed by atoms with Crippen molar-refractivity contribution in [2.75, 3.05) is 40.9 Å². The normalized spacial score (nSPS) is 15.7. The number of phosphoric ester groups is 1. The van der Waals surface area contributed by atoms with Crippen molar-refractivity contribution in [3.05, 3.63) is 72.9 Å². The third-order valence-corrected chi connectivity index (χ3v) is 10.0. The summed E-state index contributed by atoms with van der Waals surface area (Å²) in [6, 6.07) is -0.886. The summed E-state index contributed by atoms with van der Waals surface area (Å²) in [6.45, 7) is 4.43. The number of unbranched alkanes of at least 4 members (excludes halogenated alkanes) is 12. The van der Waals surface area contributed by atoms with Gasteiger partial charge in [0.05, 0.1) is 46.0 Å². The fourth-order valence-electron chi connectivity index (χ4n) is 5.62. The number of quaternary nitrogens is 1. The van der Waals surface area contributed by atoms with Crippen molar-refractivity contribution < 1.29 is 38.0 Å². The summed E-state index contributed by atoms with van der Waals surface area (Å²) in [7, 11) is 1.18. The van der Waals surface area contributed by atoms with Crippen LogP contribution in [0.1, 0.15) is 149 Å². The van der Waals surface area contributed by atoms with Crippen LogP contribution in [0.3, 0.4) is 0 Å². The van der Waals surface area contributed by atoms with Gasteiger partial charge in [0.25, 0.3) is 7.82 Å². The Labute approximate surface area is 336 Å². The molecule has 0 fully saturated rings. The van der Waals surface area contributed by atoms with Crippen molar-refractivity contribution in [2.45, 2.75) is 167 Å². The number of hydrogen-bond acceptors (Lipinski definition) is 7. The first-order valence-electron chi connectivity index (χ1n) is 21.4. The van der Waals surface area contributed by atoms with E-state index in [1.165, 1.54) is 64.2 Å². The van der Waals surface area contributed by atoms with Crippen LogP contribution >= 0.6 is 7.82 Å². The number of phosphoric acid groups is 1. The van der Waals surface area contributed by atoms with Crippen LogP contribution in [0.4, 0.5) is 0 Å². The zero-order valence-corrected chi connectivity index (χ0v) is 36.4. The number of likely N-dealkylation sites (N-methyl/N-ethyl adjacent to an activating group) is 1. The number of aliphatic hydroxyl groups is 2. The van der Waals surface area contributed by atoms with Gasteiger partial charge in [0.2, 0.25) is 5.91 Å². The molecule has 0 aromatic carbocycles. The number of allylic oxidation sites excluding steroid dienone is 10. The number of carbonyl (C=O) groups excluding carboxylic acids is 1. The summed E-state index contributed by atoms with van der Waals surface area (Å²) in [5, 5.41) is 24.0. The standard InChI is InChI=1S/C45H81N2O7P/c1-6-8-10-12-14-16-18-20-22-24-26-28-31-35-42(48)36-32-30-34-38-45(50)46-43(41-54-55(51,52)53-40-39-47(3,4)5)44(49)37-33-29-27-25-23-21-19-17-15-13-11-9-7-2/h8,10,14,16,20,22,26,28,30-32,35,42-44,48-49H,6-7,9,11-13,15,17-19,21,23-25,27,29,33-34,36-41H2,1-5H3,(H-,46,50,51,52)/b10-8-,16-14-,22-20-,28-26-,32-30-,35-31-/t42?,43-,44+/m0/s1. The molecule has 0 rings (SSSR count). The van der Waals surface area contributed by atoms with Gasteiger partial charge in [-0.25, -0.2) is 0 Å². The van der Waals surface area contributed by atoms with Crippen LogP contribution in [0.2, 0.25) is 0 Å². The maximum absolute atomic E-state index is 12.8. The van der Waals surface area contributed by atoms with Crippen LogP contribution in [0.5, 0.6) is 0 Å². The highest BCUT2D eigenvalue weighted by atomic mass is 31.2. The lowest BCUT2D eigenvalue weighted by Gasteiger charge is -2.30. The van der Waals surface area contributed by atoms with E-state index in [0.29, 0.717) is 30.3 Å². The summed E-state index contributed by atoms with van der Waals surface area (Å²) in [4.78, 5) is 25.3. The van der Waals surface area contributed by atoms with E-state index in [1.54, 1.807) is 6.08 Å². The lowest BCUT2D eigenvalue weighted by atomic mass is 10.0. The number of carbonyl (C=O) groups is 1. The molecule has 0 aliphatic carbocycles. The average Bonchev–Trinajstić information content (AvgIpc) is 3.13. The molecule has 2 unspecified atom stereocenters. The van der Waals surface area contributed by atoms with Crippen LogP contribution in [-0.2, 0) is 18.4 Å². The van der Waals surface area contributed by atoms with Gasteiger partial charge in [-0.2, -0.15) is 0 Å². The molecule has 0 aromatic rings. The molecule has 9 nitrogen and oxygen atoms in total. The predicted octanol–water partition coefficient (Wildman–Crippen LogP) is 9.97. The minimum atomic E-state index is -4.61. The van der Waals surface area contributed by atoms with E-state index in [1.807, 2.05) is 51.5 Å². The Hall–Kier alpha value is -2.10. The molecule has 3 N–H and O–H groups in total. The molecule has 0 spiro atoms. The van der Waals surface area contributed by atoms with Crippen LogP contribution in [0.25, 0.3) is 0 Å². The molecular formula is C45H81N2O7P. The Morgan fingerprint density at radius 1 is 0.727 bits per heavy atom. The predicted molar refractivity (Wildman–Crippen MR) is 229 cm³/mol. The molecule has 0 saturated heterocycles. The zero-order chi connectivity index (χ0) is 40.9. The number of nitrogens with zero attached hydrogens (tertiary/aromatic N) is 1. The summed E-state index contributed by atoms with van der Waals surface area (Å²) in [5.41, 5.74) is 0. The molecule has 1 amide bonds. The lowest BCUT2D eigenvalue weighted by Crippen LogP contribution is -2.46. The number of aliphatic hydroxyl groups excluding tert-OH is 2. The maximum atomic E-state index is 12.8. The molecule has 0 aliphatic rings. The van der Waals surface area contributed by atoms with Gasteiger partial charge in [-0.3, -0.25) is 9.36 Å². The first-order valence-corrected chi connectivity index (χ1v) is 22.9. The summed E-state index contributed by atoms with van der Waals surface area (Å²) in [5.74, 6) is -0.311. The minimum absolute atomic E-state index is 0.0237. The Balaban J connectivity index is 4.65.